The Kier molecular flexibility index (Phi) is 4.16. The van der Waals surface area contributed by atoms with Crippen LogP contribution in [0.5, 0.6) is 0 Å². The fraction of sp³-hybridized carbons (Fsp3) is 0.917. The normalized spacial score (nSPS) is 27.3. The lowest BCUT2D eigenvalue weighted by atomic mass is 9.94. The van der Waals surface area contributed by atoms with E-state index in [1.807, 2.05) is 4.90 Å². The highest BCUT2D eigenvalue weighted by Gasteiger charge is 2.27. The molecule has 0 aromatic heterocycles. The average Bonchev–Trinajstić information content (AvgIpc) is 2.79. The summed E-state index contributed by atoms with van der Waals surface area (Å²) in [5, 5.41) is 3.30. The van der Waals surface area contributed by atoms with Crippen LogP contribution < -0.4 is 5.32 Å². The van der Waals surface area contributed by atoms with E-state index in [0.29, 0.717) is 18.9 Å². The minimum atomic E-state index is -0.281. The first-order chi connectivity index (χ1) is 7.79. The molecule has 92 valence electrons. The van der Waals surface area contributed by atoms with Gasteiger partial charge >= 0.3 is 0 Å². The Hall–Kier alpha value is -0.640. The zero-order valence-electron chi connectivity index (χ0n) is 9.75. The molecule has 3 nitrogen and oxygen atoms in total. The lowest BCUT2D eigenvalue weighted by molar-refractivity contribution is -0.131. The quantitative estimate of drug-likeness (QED) is 0.787. The predicted molar refractivity (Wildman–Crippen MR) is 60.9 cm³/mol. The first kappa shape index (κ1) is 11.8. The van der Waals surface area contributed by atoms with E-state index in [9.17, 15) is 9.18 Å². The highest BCUT2D eigenvalue weighted by molar-refractivity contribution is 5.76. The molecule has 0 radical (unpaired) electrons. The van der Waals surface area contributed by atoms with Crippen LogP contribution in [-0.2, 0) is 4.79 Å². The summed E-state index contributed by atoms with van der Waals surface area (Å²) in [6, 6.07) is 0. The third-order valence-electron chi connectivity index (χ3n) is 3.78. The number of piperidine rings is 1. The topological polar surface area (TPSA) is 32.3 Å². The zero-order valence-corrected chi connectivity index (χ0v) is 9.75. The number of likely N-dealkylation sites (tertiary alicyclic amines) is 1. The predicted octanol–water partition coefficient (Wildman–Crippen LogP) is 1.19. The molecule has 4 heteroatoms. The van der Waals surface area contributed by atoms with Crippen LogP contribution in [0.15, 0.2) is 0 Å². The molecule has 16 heavy (non-hydrogen) atoms. The first-order valence-corrected chi connectivity index (χ1v) is 6.34. The monoisotopic (exact) mass is 228 g/mol. The Balaban J connectivity index is 1.75. The van der Waals surface area contributed by atoms with E-state index in [1.54, 1.807) is 0 Å². The van der Waals surface area contributed by atoms with Gasteiger partial charge in [-0.15, -0.1) is 0 Å². The number of halogens is 1. The molecule has 0 saturated carbocycles. The molecule has 2 fully saturated rings. The number of rotatable bonds is 3. The largest absolute Gasteiger partial charge is 0.342 e. The maximum Gasteiger partial charge on any atom is 0.222 e. The fourth-order valence-electron chi connectivity index (χ4n) is 2.65. The summed E-state index contributed by atoms with van der Waals surface area (Å²) in [6.45, 7) is 3.19. The molecule has 0 aromatic rings. The van der Waals surface area contributed by atoms with Gasteiger partial charge in [-0.2, -0.15) is 0 Å². The van der Waals surface area contributed by atoms with Crippen molar-refractivity contribution in [3.8, 4) is 0 Å². The van der Waals surface area contributed by atoms with Crippen LogP contribution in [0.4, 0.5) is 4.39 Å². The van der Waals surface area contributed by atoms with E-state index in [-0.39, 0.29) is 18.5 Å². The molecule has 2 rings (SSSR count). The lowest BCUT2D eigenvalue weighted by Gasteiger charge is -2.24. The van der Waals surface area contributed by atoms with Crippen molar-refractivity contribution in [1.29, 1.82) is 0 Å². The molecule has 2 aliphatic rings. The van der Waals surface area contributed by atoms with Gasteiger partial charge in [-0.25, -0.2) is 0 Å². The Morgan fingerprint density at radius 3 is 2.62 bits per heavy atom. The van der Waals surface area contributed by atoms with Crippen LogP contribution in [-0.4, -0.2) is 43.7 Å². The van der Waals surface area contributed by atoms with Gasteiger partial charge < -0.3 is 10.2 Å². The van der Waals surface area contributed by atoms with Crippen LogP contribution >= 0.6 is 0 Å². The molecule has 0 aromatic carbocycles. The number of hydrogen-bond donors (Lipinski definition) is 1. The molecular weight excluding hydrogens is 207 g/mol. The van der Waals surface area contributed by atoms with Gasteiger partial charge in [-0.05, 0) is 38.3 Å². The van der Waals surface area contributed by atoms with E-state index in [2.05, 4.69) is 5.32 Å². The van der Waals surface area contributed by atoms with E-state index in [1.165, 1.54) is 0 Å². The van der Waals surface area contributed by atoms with Gasteiger partial charge in [-0.1, -0.05) is 0 Å². The van der Waals surface area contributed by atoms with E-state index < -0.39 is 0 Å². The second kappa shape index (κ2) is 5.62. The third-order valence-corrected chi connectivity index (χ3v) is 3.78. The molecule has 1 amide bonds. The SMILES string of the molecule is O=C(CC1CCNCC1)N1CC[C@H](CF)C1. The Morgan fingerprint density at radius 2 is 2.00 bits per heavy atom. The molecule has 2 aliphatic heterocycles. The minimum Gasteiger partial charge on any atom is -0.342 e. The van der Waals surface area contributed by atoms with E-state index in [4.69, 9.17) is 0 Å². The van der Waals surface area contributed by atoms with Crippen molar-refractivity contribution >= 4 is 5.91 Å². The zero-order chi connectivity index (χ0) is 11.4. The summed E-state index contributed by atoms with van der Waals surface area (Å²) >= 11 is 0. The maximum atomic E-state index is 12.4. The van der Waals surface area contributed by atoms with Gasteiger partial charge in [0.1, 0.15) is 0 Å². The van der Waals surface area contributed by atoms with Gasteiger partial charge in [0.05, 0.1) is 6.67 Å². The van der Waals surface area contributed by atoms with Gasteiger partial charge in [0.2, 0.25) is 5.91 Å². The minimum absolute atomic E-state index is 0.0944. The third kappa shape index (κ3) is 2.94. The molecular formula is C12H21FN2O. The summed E-state index contributed by atoms with van der Waals surface area (Å²) < 4.78 is 12.4. The highest BCUT2D eigenvalue weighted by atomic mass is 19.1. The molecule has 2 heterocycles. The highest BCUT2D eigenvalue weighted by Crippen LogP contribution is 2.21. The van der Waals surface area contributed by atoms with Crippen molar-refractivity contribution in [3.63, 3.8) is 0 Å². The summed E-state index contributed by atoms with van der Waals surface area (Å²) in [4.78, 5) is 13.8. The number of carbonyl (C=O) groups is 1. The van der Waals surface area contributed by atoms with Gasteiger partial charge in [0.15, 0.2) is 0 Å². The number of nitrogens with one attached hydrogen (secondary N) is 1. The number of carbonyl (C=O) groups excluding carboxylic acids is 1. The number of hydrogen-bond acceptors (Lipinski definition) is 2. The van der Waals surface area contributed by atoms with Crippen molar-refractivity contribution in [2.24, 2.45) is 11.8 Å². The molecule has 0 unspecified atom stereocenters. The van der Waals surface area contributed by atoms with Crippen LogP contribution in [0.25, 0.3) is 0 Å². The van der Waals surface area contributed by atoms with Crippen LogP contribution in [0, 0.1) is 11.8 Å². The molecule has 0 aliphatic carbocycles. The first-order valence-electron chi connectivity index (χ1n) is 6.34. The molecule has 1 N–H and O–H groups in total. The summed E-state index contributed by atoms with van der Waals surface area (Å²) in [5.74, 6) is 0.873. The van der Waals surface area contributed by atoms with Gasteiger partial charge in [0, 0.05) is 25.4 Å². The standard InChI is InChI=1S/C12H21FN2O/c13-8-11-3-6-15(9-11)12(16)7-10-1-4-14-5-2-10/h10-11,14H,1-9H2/t11-/m1/s1. The van der Waals surface area contributed by atoms with E-state index >= 15 is 0 Å². The summed E-state index contributed by atoms with van der Waals surface area (Å²) in [7, 11) is 0. The number of amides is 1. The van der Waals surface area contributed by atoms with Crippen molar-refractivity contribution in [2.45, 2.75) is 25.7 Å². The second-order valence-electron chi connectivity index (χ2n) is 5.05. The van der Waals surface area contributed by atoms with Crippen molar-refractivity contribution in [2.75, 3.05) is 32.9 Å². The van der Waals surface area contributed by atoms with Crippen molar-refractivity contribution in [1.82, 2.24) is 10.2 Å². The number of nitrogens with zero attached hydrogens (tertiary/aromatic N) is 1. The Bertz CT molecular complexity index is 241. The Labute approximate surface area is 96.4 Å². The fourth-order valence-corrected chi connectivity index (χ4v) is 2.65. The molecule has 1 atom stereocenters. The van der Waals surface area contributed by atoms with Crippen molar-refractivity contribution < 1.29 is 9.18 Å². The lowest BCUT2D eigenvalue weighted by Crippen LogP contribution is -2.34. The smallest absolute Gasteiger partial charge is 0.222 e. The van der Waals surface area contributed by atoms with E-state index in [0.717, 1.165) is 38.9 Å². The maximum absolute atomic E-state index is 12.4. The summed E-state index contributed by atoms with van der Waals surface area (Å²) in [5.41, 5.74) is 0. The van der Waals surface area contributed by atoms with Crippen molar-refractivity contribution in [3.05, 3.63) is 0 Å². The van der Waals surface area contributed by atoms with Crippen LogP contribution in [0.3, 0.4) is 0 Å². The molecule has 0 spiro atoms. The molecule has 2 saturated heterocycles. The van der Waals surface area contributed by atoms with Gasteiger partial charge in [-0.3, -0.25) is 9.18 Å². The summed E-state index contributed by atoms with van der Waals surface area (Å²) in [6.07, 6.45) is 3.72. The number of alkyl halides is 1. The average molecular weight is 228 g/mol. The van der Waals surface area contributed by atoms with Crippen LogP contribution in [0.2, 0.25) is 0 Å². The second-order valence-corrected chi connectivity index (χ2v) is 5.05. The van der Waals surface area contributed by atoms with Gasteiger partial charge in [0.25, 0.3) is 0 Å². The molecule has 0 bridgehead atoms. The Morgan fingerprint density at radius 1 is 1.25 bits per heavy atom. The van der Waals surface area contributed by atoms with Crippen LogP contribution in [0.1, 0.15) is 25.7 Å².